The lowest BCUT2D eigenvalue weighted by molar-refractivity contribution is -0.127. The molecule has 1 aromatic rings. The van der Waals surface area contributed by atoms with E-state index >= 15 is 0 Å². The average Bonchev–Trinajstić information content (AvgIpc) is 2.64. The van der Waals surface area contributed by atoms with Crippen LogP contribution in [0.4, 0.5) is 5.69 Å². The van der Waals surface area contributed by atoms with Crippen LogP contribution in [-0.4, -0.2) is 42.9 Å². The molecule has 0 unspecified atom stereocenters. The van der Waals surface area contributed by atoms with Crippen molar-refractivity contribution in [1.82, 2.24) is 10.2 Å². The Kier molecular flexibility index (Phi) is 5.93. The third-order valence-electron chi connectivity index (χ3n) is 8.09. The van der Waals surface area contributed by atoms with E-state index in [9.17, 15) is 9.59 Å². The summed E-state index contributed by atoms with van der Waals surface area (Å²) in [7, 11) is 1.83. The summed E-state index contributed by atoms with van der Waals surface area (Å²) in [5.74, 6) is 2.58. The lowest BCUT2D eigenvalue weighted by Gasteiger charge is -2.59. The number of nitrogens with one attached hydrogen (secondary N) is 2. The monoisotopic (exact) mass is 411 g/mol. The Morgan fingerprint density at radius 2 is 1.60 bits per heavy atom. The van der Waals surface area contributed by atoms with Gasteiger partial charge in [-0.25, -0.2) is 0 Å². The second-order valence-corrected chi connectivity index (χ2v) is 10.5. The van der Waals surface area contributed by atoms with Gasteiger partial charge in [-0.3, -0.25) is 14.5 Å². The summed E-state index contributed by atoms with van der Waals surface area (Å²) in [6.07, 6.45) is 8.10. The highest BCUT2D eigenvalue weighted by molar-refractivity contribution is 5.93. The van der Waals surface area contributed by atoms with E-state index in [1.165, 1.54) is 38.5 Å². The van der Waals surface area contributed by atoms with Gasteiger partial charge < -0.3 is 10.6 Å². The van der Waals surface area contributed by atoms with Crippen molar-refractivity contribution in [1.29, 1.82) is 0 Å². The molecule has 30 heavy (non-hydrogen) atoms. The van der Waals surface area contributed by atoms with Crippen molar-refractivity contribution in [3.8, 4) is 0 Å². The average molecular weight is 412 g/mol. The van der Waals surface area contributed by atoms with Crippen molar-refractivity contribution in [2.45, 2.75) is 65.3 Å². The van der Waals surface area contributed by atoms with E-state index < -0.39 is 0 Å². The highest BCUT2D eigenvalue weighted by Crippen LogP contribution is 2.61. The number of nitrogens with zero attached hydrogens (tertiary/aromatic N) is 1. The van der Waals surface area contributed by atoms with Gasteiger partial charge in [-0.2, -0.15) is 0 Å². The van der Waals surface area contributed by atoms with E-state index in [1.807, 2.05) is 39.1 Å². The molecule has 0 saturated heterocycles. The molecular weight excluding hydrogens is 374 g/mol. The molecule has 5 heteroatoms. The molecule has 4 fully saturated rings. The first-order valence-corrected chi connectivity index (χ1v) is 11.6. The molecule has 2 N–H and O–H groups in total. The van der Waals surface area contributed by atoms with Crippen molar-refractivity contribution < 1.29 is 9.59 Å². The summed E-state index contributed by atoms with van der Waals surface area (Å²) in [5.41, 5.74) is 3.38. The van der Waals surface area contributed by atoms with Crippen molar-refractivity contribution in [2.24, 2.45) is 23.2 Å². The molecule has 164 valence electrons. The van der Waals surface area contributed by atoms with Gasteiger partial charge in [0.25, 0.3) is 0 Å². The van der Waals surface area contributed by atoms with Crippen LogP contribution in [0.3, 0.4) is 0 Å². The molecule has 4 aliphatic carbocycles. The molecule has 0 radical (unpaired) electrons. The Hall–Kier alpha value is -1.88. The molecule has 0 heterocycles. The standard InChI is InChI=1S/C25H37N3O2/c1-16-6-5-7-22(17(16)2)27-24(30)15-28(4)14-23(29)26-18(3)25-11-19-8-20(12-25)10-21(9-19)13-25/h5-7,18-21H,8-15H2,1-4H3,(H,26,29)(H,27,30)/t18-,19?,20?,21?,25?/m1/s1. The smallest absolute Gasteiger partial charge is 0.238 e. The maximum atomic E-state index is 12.7. The molecule has 5 rings (SSSR count). The zero-order valence-electron chi connectivity index (χ0n) is 19.0. The first-order valence-electron chi connectivity index (χ1n) is 11.6. The second-order valence-electron chi connectivity index (χ2n) is 10.5. The Morgan fingerprint density at radius 3 is 2.20 bits per heavy atom. The number of benzene rings is 1. The van der Waals surface area contributed by atoms with Gasteiger partial charge in [0.2, 0.25) is 11.8 Å². The zero-order chi connectivity index (χ0) is 21.5. The first-order chi connectivity index (χ1) is 14.2. The predicted molar refractivity (Wildman–Crippen MR) is 120 cm³/mol. The van der Waals surface area contributed by atoms with Gasteiger partial charge in [-0.15, -0.1) is 0 Å². The SMILES string of the molecule is Cc1cccc(NC(=O)CN(C)CC(=O)N[C@H](C)C23CC4CC(CC(C4)C2)C3)c1C. The molecule has 4 aliphatic rings. The van der Waals surface area contributed by atoms with Crippen LogP contribution in [0.1, 0.15) is 56.6 Å². The quantitative estimate of drug-likeness (QED) is 0.715. The molecule has 0 aliphatic heterocycles. The van der Waals surface area contributed by atoms with Gasteiger partial charge in [0.1, 0.15) is 0 Å². The van der Waals surface area contributed by atoms with Crippen LogP contribution in [0, 0.1) is 37.0 Å². The lowest BCUT2D eigenvalue weighted by atomic mass is 9.48. The maximum Gasteiger partial charge on any atom is 0.238 e. The van der Waals surface area contributed by atoms with Crippen molar-refractivity contribution >= 4 is 17.5 Å². The fourth-order valence-corrected chi connectivity index (χ4v) is 6.77. The van der Waals surface area contributed by atoms with Gasteiger partial charge in [0, 0.05) is 11.7 Å². The Labute approximate surface area is 181 Å². The van der Waals surface area contributed by atoms with Crippen molar-refractivity contribution in [3.63, 3.8) is 0 Å². The van der Waals surface area contributed by atoms with E-state index in [0.29, 0.717) is 5.41 Å². The lowest BCUT2D eigenvalue weighted by Crippen LogP contribution is -2.56. The van der Waals surface area contributed by atoms with Gasteiger partial charge in [-0.05, 0) is 107 Å². The number of aryl methyl sites for hydroxylation is 1. The number of amides is 2. The molecule has 4 bridgehead atoms. The minimum atomic E-state index is -0.0897. The first kappa shape index (κ1) is 21.4. The van der Waals surface area contributed by atoms with Crippen LogP contribution in [0.25, 0.3) is 0 Å². The molecule has 5 nitrogen and oxygen atoms in total. The molecular formula is C25H37N3O2. The maximum absolute atomic E-state index is 12.7. The summed E-state index contributed by atoms with van der Waals surface area (Å²) >= 11 is 0. The topological polar surface area (TPSA) is 61.4 Å². The molecule has 0 aromatic heterocycles. The van der Waals surface area contributed by atoms with Crippen molar-refractivity contribution in [2.75, 3.05) is 25.5 Å². The van der Waals surface area contributed by atoms with E-state index in [-0.39, 0.29) is 30.9 Å². The predicted octanol–water partition coefficient (Wildman–Crippen LogP) is 3.89. The van der Waals surface area contributed by atoms with Crippen LogP contribution in [0.15, 0.2) is 18.2 Å². The van der Waals surface area contributed by atoms with Crippen LogP contribution in [0.5, 0.6) is 0 Å². The van der Waals surface area contributed by atoms with Crippen molar-refractivity contribution in [3.05, 3.63) is 29.3 Å². The van der Waals surface area contributed by atoms with Crippen LogP contribution >= 0.6 is 0 Å². The molecule has 0 spiro atoms. The van der Waals surface area contributed by atoms with Gasteiger partial charge in [0.15, 0.2) is 0 Å². The van der Waals surface area contributed by atoms with E-state index in [2.05, 4.69) is 17.6 Å². The fraction of sp³-hybridized carbons (Fsp3) is 0.680. The third kappa shape index (κ3) is 4.41. The highest BCUT2D eigenvalue weighted by Gasteiger charge is 2.53. The number of carbonyl (C=O) groups excluding carboxylic acids is 2. The number of likely N-dealkylation sites (N-methyl/N-ethyl adjacent to an activating group) is 1. The number of hydrogen-bond donors (Lipinski definition) is 2. The number of carbonyl (C=O) groups is 2. The van der Waals surface area contributed by atoms with Gasteiger partial charge >= 0.3 is 0 Å². The summed E-state index contributed by atoms with van der Waals surface area (Å²) in [5, 5.41) is 6.27. The molecule has 2 amide bonds. The van der Waals surface area contributed by atoms with Gasteiger partial charge in [-0.1, -0.05) is 12.1 Å². The molecule has 1 aromatic carbocycles. The Balaban J connectivity index is 1.26. The second kappa shape index (κ2) is 8.33. The van der Waals surface area contributed by atoms with Crippen LogP contribution in [-0.2, 0) is 9.59 Å². The van der Waals surface area contributed by atoms with Crippen LogP contribution < -0.4 is 10.6 Å². The number of rotatable bonds is 7. The molecule has 1 atom stereocenters. The Morgan fingerprint density at radius 1 is 1.03 bits per heavy atom. The zero-order valence-corrected chi connectivity index (χ0v) is 19.0. The van der Waals surface area contributed by atoms with Gasteiger partial charge in [0.05, 0.1) is 13.1 Å². The molecule has 4 saturated carbocycles. The summed E-state index contributed by atoms with van der Waals surface area (Å²) in [6.45, 7) is 6.70. The largest absolute Gasteiger partial charge is 0.352 e. The van der Waals surface area contributed by atoms with E-state index in [1.54, 1.807) is 4.90 Å². The van der Waals surface area contributed by atoms with E-state index in [0.717, 1.165) is 34.6 Å². The number of anilines is 1. The fourth-order valence-electron chi connectivity index (χ4n) is 6.77. The summed E-state index contributed by atoms with van der Waals surface area (Å²) < 4.78 is 0. The Bertz CT molecular complexity index is 783. The summed E-state index contributed by atoms with van der Waals surface area (Å²) in [4.78, 5) is 26.9. The minimum Gasteiger partial charge on any atom is -0.352 e. The summed E-state index contributed by atoms with van der Waals surface area (Å²) in [6, 6.07) is 6.11. The highest BCUT2D eigenvalue weighted by atomic mass is 16.2. The minimum absolute atomic E-state index is 0.0280. The normalized spacial score (nSPS) is 30.4. The van der Waals surface area contributed by atoms with E-state index in [4.69, 9.17) is 0 Å². The number of hydrogen-bond acceptors (Lipinski definition) is 3. The van der Waals surface area contributed by atoms with Crippen LogP contribution in [0.2, 0.25) is 0 Å². The third-order valence-corrected chi connectivity index (χ3v) is 8.09.